The number of carbonyl (C=O) groups is 2. The average molecular weight is 360 g/mol. The van der Waals surface area contributed by atoms with Crippen LogP contribution in [0.15, 0.2) is 23.4 Å². The fourth-order valence-corrected chi connectivity index (χ4v) is 2.52. The Morgan fingerprint density at radius 2 is 1.88 bits per heavy atom. The summed E-state index contributed by atoms with van der Waals surface area (Å²) in [5, 5.41) is 0.00177. The third-order valence-electron chi connectivity index (χ3n) is 3.33. The maximum absolute atomic E-state index is 14.1. The predicted molar refractivity (Wildman–Crippen MR) is 82.3 cm³/mol. The Bertz CT molecular complexity index is 682. The number of benzene rings is 1. The van der Waals surface area contributed by atoms with Gasteiger partial charge in [0, 0.05) is 11.8 Å². The molecule has 0 fully saturated rings. The number of ether oxygens (including phenoxy) is 4. The van der Waals surface area contributed by atoms with Crippen molar-refractivity contribution in [3.8, 4) is 5.75 Å². The van der Waals surface area contributed by atoms with Gasteiger partial charge in [0.15, 0.2) is 11.6 Å². The minimum atomic E-state index is -0.786. The molecule has 0 atom stereocenters. The quantitative estimate of drug-likeness (QED) is 0.760. The van der Waals surface area contributed by atoms with E-state index >= 15 is 0 Å². The van der Waals surface area contributed by atoms with Gasteiger partial charge in [0.2, 0.25) is 0 Å². The maximum atomic E-state index is 14.1. The molecule has 2 rings (SSSR count). The second kappa shape index (κ2) is 7.50. The number of nitrogens with zero attached hydrogens (tertiary/aromatic N) is 1. The Labute approximate surface area is 142 Å². The van der Waals surface area contributed by atoms with Crippen LogP contribution in [0.4, 0.5) is 10.1 Å². The van der Waals surface area contributed by atoms with Crippen LogP contribution in [0.1, 0.15) is 0 Å². The summed E-state index contributed by atoms with van der Waals surface area (Å²) in [6.07, 6.45) is 0. The smallest absolute Gasteiger partial charge is 0.355 e. The van der Waals surface area contributed by atoms with Crippen molar-refractivity contribution >= 4 is 29.2 Å². The standard InChI is InChI=1S/C15H15ClFNO6/c1-21-13-10(16)4-8(5-11(13)17)18-7-24-6-9(14(19)22-2)12(18)15(20)23-3/h4-5H,6-7H2,1-3H3. The Hall–Kier alpha value is -2.32. The zero-order chi connectivity index (χ0) is 17.9. The number of anilines is 1. The maximum Gasteiger partial charge on any atom is 0.355 e. The normalized spacial score (nSPS) is 14.5. The predicted octanol–water partition coefficient (Wildman–Crippen LogP) is 1.88. The topological polar surface area (TPSA) is 74.3 Å². The first-order valence-corrected chi connectivity index (χ1v) is 7.10. The molecule has 0 N–H and O–H groups in total. The molecule has 0 amide bonds. The van der Waals surface area contributed by atoms with Gasteiger partial charge in [-0.25, -0.2) is 14.0 Å². The van der Waals surface area contributed by atoms with Crippen LogP contribution in [-0.2, 0) is 23.8 Å². The van der Waals surface area contributed by atoms with Gasteiger partial charge in [-0.1, -0.05) is 11.6 Å². The lowest BCUT2D eigenvalue weighted by Gasteiger charge is -2.31. The molecule has 0 aromatic heterocycles. The van der Waals surface area contributed by atoms with E-state index in [1.54, 1.807) is 0 Å². The van der Waals surface area contributed by atoms with Gasteiger partial charge in [-0.05, 0) is 6.07 Å². The third-order valence-corrected chi connectivity index (χ3v) is 3.61. The molecule has 0 saturated carbocycles. The van der Waals surface area contributed by atoms with Crippen LogP contribution in [0, 0.1) is 5.82 Å². The highest BCUT2D eigenvalue weighted by atomic mass is 35.5. The van der Waals surface area contributed by atoms with E-state index in [2.05, 4.69) is 4.74 Å². The zero-order valence-electron chi connectivity index (χ0n) is 13.2. The summed E-state index contributed by atoms with van der Waals surface area (Å²) < 4.78 is 33.6. The molecule has 0 radical (unpaired) electrons. The third kappa shape index (κ3) is 3.29. The van der Waals surface area contributed by atoms with Crippen LogP contribution >= 0.6 is 11.6 Å². The summed E-state index contributed by atoms with van der Waals surface area (Å²) in [4.78, 5) is 25.3. The molecular weight excluding hydrogens is 345 g/mol. The molecule has 0 unspecified atom stereocenters. The molecule has 0 saturated heterocycles. The molecule has 1 aromatic rings. The van der Waals surface area contributed by atoms with E-state index in [0.29, 0.717) is 0 Å². The minimum absolute atomic E-state index is 0.00177. The lowest BCUT2D eigenvalue weighted by Crippen LogP contribution is -2.38. The van der Waals surface area contributed by atoms with Crippen LogP contribution in [0.25, 0.3) is 0 Å². The van der Waals surface area contributed by atoms with Crippen molar-refractivity contribution in [3.05, 3.63) is 34.2 Å². The summed E-state index contributed by atoms with van der Waals surface area (Å²) in [7, 11) is 3.62. The van der Waals surface area contributed by atoms with Crippen LogP contribution in [-0.4, -0.2) is 46.6 Å². The molecule has 1 aliphatic heterocycles. The first kappa shape index (κ1) is 18.0. The van der Waals surface area contributed by atoms with E-state index in [0.717, 1.165) is 6.07 Å². The van der Waals surface area contributed by atoms with Crippen LogP contribution < -0.4 is 9.64 Å². The van der Waals surface area contributed by atoms with E-state index in [4.69, 9.17) is 25.8 Å². The van der Waals surface area contributed by atoms with Crippen molar-refractivity contribution in [2.45, 2.75) is 0 Å². The number of halogens is 2. The first-order chi connectivity index (χ1) is 11.4. The number of methoxy groups -OCH3 is 3. The van der Waals surface area contributed by atoms with Crippen LogP contribution in [0.5, 0.6) is 5.75 Å². The summed E-state index contributed by atoms with van der Waals surface area (Å²) >= 11 is 5.99. The van der Waals surface area contributed by atoms with Gasteiger partial charge in [-0.15, -0.1) is 0 Å². The monoisotopic (exact) mass is 359 g/mol. The molecule has 1 aliphatic rings. The zero-order valence-corrected chi connectivity index (χ0v) is 14.0. The Morgan fingerprint density at radius 3 is 2.42 bits per heavy atom. The number of esters is 2. The van der Waals surface area contributed by atoms with Crippen molar-refractivity contribution in [2.75, 3.05) is 39.6 Å². The molecule has 7 nitrogen and oxygen atoms in total. The van der Waals surface area contributed by atoms with Gasteiger partial charge in [0.05, 0.1) is 38.5 Å². The first-order valence-electron chi connectivity index (χ1n) is 6.72. The Balaban J connectivity index is 2.59. The van der Waals surface area contributed by atoms with Gasteiger partial charge in [-0.2, -0.15) is 0 Å². The lowest BCUT2D eigenvalue weighted by atomic mass is 10.1. The van der Waals surface area contributed by atoms with Gasteiger partial charge in [0.1, 0.15) is 12.4 Å². The highest BCUT2D eigenvalue weighted by Crippen LogP contribution is 2.35. The van der Waals surface area contributed by atoms with Crippen LogP contribution in [0.2, 0.25) is 5.02 Å². The van der Waals surface area contributed by atoms with E-state index in [1.807, 2.05) is 0 Å². The molecule has 0 aliphatic carbocycles. The van der Waals surface area contributed by atoms with Gasteiger partial charge in [-0.3, -0.25) is 0 Å². The average Bonchev–Trinajstić information content (AvgIpc) is 2.59. The summed E-state index contributed by atoms with van der Waals surface area (Å²) in [6.45, 7) is -0.243. The SMILES string of the molecule is COC(=O)C1=C(C(=O)OC)N(c2cc(F)c(OC)c(Cl)c2)COC1. The van der Waals surface area contributed by atoms with Gasteiger partial charge in [0.25, 0.3) is 0 Å². The fourth-order valence-electron chi connectivity index (χ4n) is 2.24. The van der Waals surface area contributed by atoms with Gasteiger partial charge < -0.3 is 23.8 Å². The van der Waals surface area contributed by atoms with E-state index in [1.165, 1.54) is 32.3 Å². The molecule has 1 heterocycles. The fraction of sp³-hybridized carbons (Fsp3) is 0.333. The van der Waals surface area contributed by atoms with Gasteiger partial charge >= 0.3 is 11.9 Å². The summed E-state index contributed by atoms with van der Waals surface area (Å²) in [6, 6.07) is 2.49. The van der Waals surface area contributed by atoms with Crippen molar-refractivity contribution in [3.63, 3.8) is 0 Å². The number of hydrogen-bond acceptors (Lipinski definition) is 7. The Morgan fingerprint density at radius 1 is 1.21 bits per heavy atom. The second-order valence-corrected chi connectivity index (χ2v) is 5.07. The van der Waals surface area contributed by atoms with Crippen molar-refractivity contribution in [2.24, 2.45) is 0 Å². The minimum Gasteiger partial charge on any atom is -0.492 e. The second-order valence-electron chi connectivity index (χ2n) is 4.66. The molecular formula is C15H15ClFNO6. The summed E-state index contributed by atoms with van der Waals surface area (Å²) in [5.74, 6) is -2.39. The van der Waals surface area contributed by atoms with E-state index < -0.39 is 17.8 Å². The number of carbonyl (C=O) groups excluding carboxylic acids is 2. The van der Waals surface area contributed by atoms with Crippen LogP contribution in [0.3, 0.4) is 0 Å². The molecule has 0 spiro atoms. The number of rotatable bonds is 4. The highest BCUT2D eigenvalue weighted by molar-refractivity contribution is 6.32. The number of hydrogen-bond donors (Lipinski definition) is 0. The summed E-state index contributed by atoms with van der Waals surface area (Å²) in [5.41, 5.74) is 0.0546. The molecule has 0 bridgehead atoms. The Kier molecular flexibility index (Phi) is 5.63. The molecule has 1 aromatic carbocycles. The molecule has 24 heavy (non-hydrogen) atoms. The van der Waals surface area contributed by atoms with E-state index in [9.17, 15) is 14.0 Å². The van der Waals surface area contributed by atoms with Crippen molar-refractivity contribution < 1.29 is 32.9 Å². The highest BCUT2D eigenvalue weighted by Gasteiger charge is 2.33. The lowest BCUT2D eigenvalue weighted by molar-refractivity contribution is -0.140. The molecule has 130 valence electrons. The van der Waals surface area contributed by atoms with Crippen molar-refractivity contribution in [1.29, 1.82) is 0 Å². The van der Waals surface area contributed by atoms with Crippen molar-refractivity contribution in [1.82, 2.24) is 0 Å². The largest absolute Gasteiger partial charge is 0.492 e. The molecule has 9 heteroatoms. The van der Waals surface area contributed by atoms with E-state index in [-0.39, 0.29) is 41.1 Å².